The summed E-state index contributed by atoms with van der Waals surface area (Å²) in [6.07, 6.45) is 7.39. The van der Waals surface area contributed by atoms with Crippen LogP contribution in [0.5, 0.6) is 0 Å². The van der Waals surface area contributed by atoms with Crippen molar-refractivity contribution in [2.45, 2.75) is 39.0 Å². The minimum Gasteiger partial charge on any atom is -0.351 e. The maximum Gasteiger partial charge on any atom is 0.252 e. The Morgan fingerprint density at radius 1 is 1.42 bits per heavy atom. The Hall–Kier alpha value is -0.800. The zero-order chi connectivity index (χ0) is 13.9. The van der Waals surface area contributed by atoms with Gasteiger partial charge in [0.25, 0.3) is 5.91 Å². The van der Waals surface area contributed by atoms with Crippen LogP contribution in [0.2, 0.25) is 10.2 Å². The second kappa shape index (κ2) is 6.10. The minimum atomic E-state index is -0.172. The van der Waals surface area contributed by atoms with Gasteiger partial charge in [-0.15, -0.1) is 0 Å². The molecule has 0 atom stereocenters. The first-order chi connectivity index (χ1) is 9.06. The third-order valence-corrected chi connectivity index (χ3v) is 4.61. The van der Waals surface area contributed by atoms with Crippen molar-refractivity contribution in [2.75, 3.05) is 6.54 Å². The van der Waals surface area contributed by atoms with Crippen molar-refractivity contribution in [3.63, 3.8) is 0 Å². The summed E-state index contributed by atoms with van der Waals surface area (Å²) in [5, 5.41) is 3.60. The third kappa shape index (κ3) is 3.40. The van der Waals surface area contributed by atoms with E-state index in [1.54, 1.807) is 0 Å². The quantitative estimate of drug-likeness (QED) is 0.851. The zero-order valence-corrected chi connectivity index (χ0v) is 12.5. The Bertz CT molecular complexity index is 471. The molecule has 0 aliphatic heterocycles. The van der Waals surface area contributed by atoms with Gasteiger partial charge in [0.2, 0.25) is 0 Å². The predicted octanol–water partition coefficient (Wildman–Crippen LogP) is 4.09. The van der Waals surface area contributed by atoms with Gasteiger partial charge in [0.1, 0.15) is 5.15 Å². The number of hydrogen-bond acceptors (Lipinski definition) is 2. The zero-order valence-electron chi connectivity index (χ0n) is 11.0. The SMILES string of the molecule is CCC1(CNC(=O)c2cc(Cl)ncc2Cl)CCCC1. The number of hydrogen-bond donors (Lipinski definition) is 1. The molecule has 2 rings (SSSR count). The van der Waals surface area contributed by atoms with E-state index in [1.165, 1.54) is 37.9 Å². The molecule has 0 aromatic carbocycles. The second-order valence-corrected chi connectivity index (χ2v) is 6.02. The highest BCUT2D eigenvalue weighted by Gasteiger charge is 2.32. The topological polar surface area (TPSA) is 42.0 Å². The van der Waals surface area contributed by atoms with E-state index in [9.17, 15) is 4.79 Å². The van der Waals surface area contributed by atoms with E-state index >= 15 is 0 Å². The van der Waals surface area contributed by atoms with Crippen LogP contribution in [0.25, 0.3) is 0 Å². The Labute approximate surface area is 123 Å². The van der Waals surface area contributed by atoms with Gasteiger partial charge in [-0.3, -0.25) is 4.79 Å². The number of aromatic nitrogens is 1. The fraction of sp³-hybridized carbons (Fsp3) is 0.571. The summed E-state index contributed by atoms with van der Waals surface area (Å²) < 4.78 is 0. The van der Waals surface area contributed by atoms with Gasteiger partial charge in [-0.25, -0.2) is 4.98 Å². The lowest BCUT2D eigenvalue weighted by Crippen LogP contribution is -2.35. The number of pyridine rings is 1. The van der Waals surface area contributed by atoms with E-state index in [0.717, 1.165) is 6.42 Å². The smallest absolute Gasteiger partial charge is 0.252 e. The van der Waals surface area contributed by atoms with Crippen LogP contribution >= 0.6 is 23.2 Å². The highest BCUT2D eigenvalue weighted by atomic mass is 35.5. The highest BCUT2D eigenvalue weighted by molar-refractivity contribution is 6.35. The molecule has 1 heterocycles. The van der Waals surface area contributed by atoms with Crippen LogP contribution in [0.4, 0.5) is 0 Å². The summed E-state index contributed by atoms with van der Waals surface area (Å²) in [6, 6.07) is 1.51. The van der Waals surface area contributed by atoms with E-state index in [4.69, 9.17) is 23.2 Å². The Balaban J connectivity index is 2.03. The average molecular weight is 301 g/mol. The van der Waals surface area contributed by atoms with Crippen molar-refractivity contribution in [1.82, 2.24) is 10.3 Å². The largest absolute Gasteiger partial charge is 0.351 e. The minimum absolute atomic E-state index is 0.172. The van der Waals surface area contributed by atoms with Crippen molar-refractivity contribution in [3.05, 3.63) is 28.0 Å². The first kappa shape index (κ1) is 14.6. The molecule has 0 bridgehead atoms. The van der Waals surface area contributed by atoms with Gasteiger partial charge in [-0.05, 0) is 30.7 Å². The van der Waals surface area contributed by atoms with Crippen LogP contribution in [-0.4, -0.2) is 17.4 Å². The standard InChI is InChI=1S/C14H18Cl2N2O/c1-2-14(5-3-4-6-14)9-18-13(19)10-7-12(16)17-8-11(10)15/h7-8H,2-6,9H2,1H3,(H,18,19). The average Bonchev–Trinajstić information content (AvgIpc) is 2.88. The van der Waals surface area contributed by atoms with Crippen molar-refractivity contribution >= 4 is 29.1 Å². The molecule has 5 heteroatoms. The summed E-state index contributed by atoms with van der Waals surface area (Å²) in [5.74, 6) is -0.172. The van der Waals surface area contributed by atoms with Crippen LogP contribution in [-0.2, 0) is 0 Å². The molecule has 1 aliphatic carbocycles. The van der Waals surface area contributed by atoms with Crippen LogP contribution < -0.4 is 5.32 Å². The summed E-state index contributed by atoms with van der Waals surface area (Å²) in [6.45, 7) is 2.90. The molecular formula is C14H18Cl2N2O. The fourth-order valence-electron chi connectivity index (χ4n) is 2.73. The van der Waals surface area contributed by atoms with Crippen molar-refractivity contribution in [2.24, 2.45) is 5.41 Å². The number of nitrogens with one attached hydrogen (secondary N) is 1. The van der Waals surface area contributed by atoms with Crippen molar-refractivity contribution in [3.8, 4) is 0 Å². The second-order valence-electron chi connectivity index (χ2n) is 5.23. The molecule has 104 valence electrons. The Morgan fingerprint density at radius 3 is 2.74 bits per heavy atom. The number of carbonyl (C=O) groups excluding carboxylic acids is 1. The first-order valence-electron chi connectivity index (χ1n) is 6.65. The molecule has 1 aromatic rings. The molecule has 0 spiro atoms. The lowest BCUT2D eigenvalue weighted by molar-refractivity contribution is 0.0929. The first-order valence-corrected chi connectivity index (χ1v) is 7.41. The van der Waals surface area contributed by atoms with Crippen molar-refractivity contribution in [1.29, 1.82) is 0 Å². The predicted molar refractivity (Wildman–Crippen MR) is 77.8 cm³/mol. The maximum absolute atomic E-state index is 12.2. The molecule has 1 fully saturated rings. The van der Waals surface area contributed by atoms with Crippen LogP contribution in [0, 0.1) is 5.41 Å². The fourth-order valence-corrected chi connectivity index (χ4v) is 3.08. The van der Waals surface area contributed by atoms with Gasteiger partial charge >= 0.3 is 0 Å². The van der Waals surface area contributed by atoms with E-state index in [0.29, 0.717) is 17.1 Å². The molecule has 0 unspecified atom stereocenters. The molecule has 1 amide bonds. The maximum atomic E-state index is 12.2. The van der Waals surface area contributed by atoms with Gasteiger partial charge in [0.05, 0.1) is 10.6 Å². The summed E-state index contributed by atoms with van der Waals surface area (Å²) in [7, 11) is 0. The molecule has 0 radical (unpaired) electrons. The Morgan fingerprint density at radius 2 is 2.11 bits per heavy atom. The van der Waals surface area contributed by atoms with Crippen LogP contribution in [0.15, 0.2) is 12.3 Å². The normalized spacial score (nSPS) is 17.4. The van der Waals surface area contributed by atoms with Gasteiger partial charge in [-0.2, -0.15) is 0 Å². The highest BCUT2D eigenvalue weighted by Crippen LogP contribution is 2.40. The number of rotatable bonds is 4. The summed E-state index contributed by atoms with van der Waals surface area (Å²) >= 11 is 11.8. The van der Waals surface area contributed by atoms with E-state index in [2.05, 4.69) is 17.2 Å². The molecule has 0 saturated heterocycles. The molecule has 1 aliphatic rings. The lowest BCUT2D eigenvalue weighted by atomic mass is 9.83. The molecule has 1 aromatic heterocycles. The lowest BCUT2D eigenvalue weighted by Gasteiger charge is -2.27. The van der Waals surface area contributed by atoms with Crippen molar-refractivity contribution < 1.29 is 4.79 Å². The van der Waals surface area contributed by atoms with Gasteiger partial charge in [0.15, 0.2) is 0 Å². The van der Waals surface area contributed by atoms with E-state index in [1.807, 2.05) is 0 Å². The molecular weight excluding hydrogens is 283 g/mol. The Kier molecular flexibility index (Phi) is 4.69. The third-order valence-electron chi connectivity index (χ3n) is 4.10. The van der Waals surface area contributed by atoms with Crippen LogP contribution in [0.1, 0.15) is 49.4 Å². The summed E-state index contributed by atoms with van der Waals surface area (Å²) in [5.41, 5.74) is 0.657. The molecule has 19 heavy (non-hydrogen) atoms. The molecule has 1 saturated carbocycles. The van der Waals surface area contributed by atoms with E-state index < -0.39 is 0 Å². The van der Waals surface area contributed by atoms with E-state index in [-0.39, 0.29) is 16.5 Å². The number of nitrogens with zero attached hydrogens (tertiary/aromatic N) is 1. The number of amides is 1. The van der Waals surface area contributed by atoms with Gasteiger partial charge in [-0.1, -0.05) is 43.0 Å². The summed E-state index contributed by atoms with van der Waals surface area (Å²) in [4.78, 5) is 16.0. The molecule has 3 nitrogen and oxygen atoms in total. The monoisotopic (exact) mass is 300 g/mol. The van der Waals surface area contributed by atoms with Gasteiger partial charge in [0, 0.05) is 12.7 Å². The number of halogens is 2. The number of carbonyl (C=O) groups is 1. The molecule has 1 N–H and O–H groups in total. The van der Waals surface area contributed by atoms with Gasteiger partial charge < -0.3 is 5.32 Å². The van der Waals surface area contributed by atoms with Crippen LogP contribution in [0.3, 0.4) is 0 Å².